The Labute approximate surface area is 105 Å². The highest BCUT2D eigenvalue weighted by Crippen LogP contribution is 2.20. The molecule has 0 radical (unpaired) electrons. The molecule has 1 atom stereocenters. The van der Waals surface area contributed by atoms with E-state index in [0.717, 1.165) is 16.5 Å². The van der Waals surface area contributed by atoms with Crippen LogP contribution in [0.4, 0.5) is 4.39 Å². The van der Waals surface area contributed by atoms with Crippen molar-refractivity contribution in [1.29, 1.82) is 0 Å². The minimum Gasteiger partial charge on any atom is -0.374 e. The van der Waals surface area contributed by atoms with Gasteiger partial charge in [0.1, 0.15) is 5.82 Å². The number of rotatable bonds is 5. The van der Waals surface area contributed by atoms with Crippen molar-refractivity contribution in [2.75, 3.05) is 0 Å². The molecule has 0 spiro atoms. The highest BCUT2D eigenvalue weighted by atomic mass is 79.9. The third-order valence-corrected chi connectivity index (χ3v) is 3.08. The van der Waals surface area contributed by atoms with E-state index >= 15 is 0 Å². The van der Waals surface area contributed by atoms with Gasteiger partial charge in [-0.3, -0.25) is 0 Å². The fraction of sp³-hybridized carbons (Fsp3) is 0.538. The Morgan fingerprint density at radius 2 is 2.00 bits per heavy atom. The van der Waals surface area contributed by atoms with Crippen LogP contribution >= 0.6 is 15.9 Å². The molecule has 1 aromatic carbocycles. The zero-order valence-corrected chi connectivity index (χ0v) is 11.6. The molecular weight excluding hydrogens is 271 g/mol. The first kappa shape index (κ1) is 13.7. The van der Waals surface area contributed by atoms with Crippen molar-refractivity contribution in [1.82, 2.24) is 0 Å². The van der Waals surface area contributed by atoms with Crippen molar-refractivity contribution in [3.63, 3.8) is 0 Å². The third-order valence-electron chi connectivity index (χ3n) is 2.34. The van der Waals surface area contributed by atoms with Crippen LogP contribution in [-0.4, -0.2) is 6.10 Å². The summed E-state index contributed by atoms with van der Waals surface area (Å²) in [6.45, 7) is 6.94. The van der Waals surface area contributed by atoms with Gasteiger partial charge in [0.25, 0.3) is 0 Å². The largest absolute Gasteiger partial charge is 0.374 e. The molecule has 0 N–H and O–H groups in total. The Balaban J connectivity index is 2.48. The number of ether oxygens (including phenoxy) is 1. The van der Waals surface area contributed by atoms with E-state index in [9.17, 15) is 4.39 Å². The van der Waals surface area contributed by atoms with Crippen LogP contribution in [0.25, 0.3) is 0 Å². The fourth-order valence-corrected chi connectivity index (χ4v) is 2.07. The van der Waals surface area contributed by atoms with Gasteiger partial charge < -0.3 is 4.74 Å². The molecule has 0 aliphatic rings. The van der Waals surface area contributed by atoms with Crippen LogP contribution in [0.3, 0.4) is 0 Å². The van der Waals surface area contributed by atoms with E-state index in [4.69, 9.17) is 4.74 Å². The number of hydrogen-bond donors (Lipinski definition) is 0. The van der Waals surface area contributed by atoms with Crippen LogP contribution < -0.4 is 0 Å². The van der Waals surface area contributed by atoms with Gasteiger partial charge >= 0.3 is 0 Å². The van der Waals surface area contributed by atoms with Crippen LogP contribution in [0.2, 0.25) is 0 Å². The monoisotopic (exact) mass is 288 g/mol. The summed E-state index contributed by atoms with van der Waals surface area (Å²) in [5.41, 5.74) is 0.983. The SMILES string of the molecule is CC(C)CC(C)OCc1ccc(F)cc1Br. The van der Waals surface area contributed by atoms with E-state index in [-0.39, 0.29) is 11.9 Å². The Morgan fingerprint density at radius 1 is 1.31 bits per heavy atom. The summed E-state index contributed by atoms with van der Waals surface area (Å²) < 4.78 is 19.3. The summed E-state index contributed by atoms with van der Waals surface area (Å²) in [5, 5.41) is 0. The molecule has 0 fully saturated rings. The highest BCUT2D eigenvalue weighted by Gasteiger charge is 2.07. The van der Waals surface area contributed by atoms with E-state index in [0.29, 0.717) is 12.5 Å². The van der Waals surface area contributed by atoms with Gasteiger partial charge in [0.15, 0.2) is 0 Å². The van der Waals surface area contributed by atoms with Gasteiger partial charge in [-0.2, -0.15) is 0 Å². The predicted molar refractivity (Wildman–Crippen MR) is 67.8 cm³/mol. The predicted octanol–water partition coefficient (Wildman–Crippen LogP) is 4.54. The summed E-state index contributed by atoms with van der Waals surface area (Å²) in [6, 6.07) is 4.67. The van der Waals surface area contributed by atoms with Crippen LogP contribution in [-0.2, 0) is 11.3 Å². The van der Waals surface area contributed by atoms with Gasteiger partial charge in [-0.15, -0.1) is 0 Å². The third kappa shape index (κ3) is 4.62. The van der Waals surface area contributed by atoms with E-state index < -0.39 is 0 Å². The van der Waals surface area contributed by atoms with Gasteiger partial charge in [-0.1, -0.05) is 35.8 Å². The van der Waals surface area contributed by atoms with Crippen LogP contribution in [0.5, 0.6) is 0 Å². The van der Waals surface area contributed by atoms with Gasteiger partial charge in [-0.25, -0.2) is 4.39 Å². The van der Waals surface area contributed by atoms with E-state index in [1.165, 1.54) is 12.1 Å². The average Bonchev–Trinajstić information content (AvgIpc) is 2.15. The first-order valence-electron chi connectivity index (χ1n) is 5.54. The van der Waals surface area contributed by atoms with E-state index in [1.807, 2.05) is 0 Å². The number of benzene rings is 1. The number of halogens is 2. The summed E-state index contributed by atoms with van der Waals surface area (Å²) in [6.07, 6.45) is 1.27. The molecule has 1 nitrogen and oxygen atoms in total. The zero-order valence-electron chi connectivity index (χ0n) is 9.97. The van der Waals surface area contributed by atoms with E-state index in [1.54, 1.807) is 6.07 Å². The quantitative estimate of drug-likeness (QED) is 0.773. The van der Waals surface area contributed by atoms with E-state index in [2.05, 4.69) is 36.7 Å². The van der Waals surface area contributed by atoms with Crippen molar-refractivity contribution in [3.05, 3.63) is 34.1 Å². The maximum Gasteiger partial charge on any atom is 0.124 e. The van der Waals surface area contributed by atoms with Gasteiger partial charge in [0.2, 0.25) is 0 Å². The summed E-state index contributed by atoms with van der Waals surface area (Å²) in [7, 11) is 0. The molecule has 0 saturated carbocycles. The zero-order chi connectivity index (χ0) is 12.1. The topological polar surface area (TPSA) is 9.23 Å². The second kappa shape index (κ2) is 6.36. The Hall–Kier alpha value is -0.410. The van der Waals surface area contributed by atoms with Crippen LogP contribution in [0.1, 0.15) is 32.8 Å². The van der Waals surface area contributed by atoms with Crippen molar-refractivity contribution < 1.29 is 9.13 Å². The highest BCUT2D eigenvalue weighted by molar-refractivity contribution is 9.10. The molecular formula is C13H18BrFO. The Morgan fingerprint density at radius 3 is 2.56 bits per heavy atom. The molecule has 1 rings (SSSR count). The number of hydrogen-bond acceptors (Lipinski definition) is 1. The minimum atomic E-state index is -0.231. The second-order valence-corrected chi connectivity index (χ2v) is 5.34. The van der Waals surface area contributed by atoms with Crippen molar-refractivity contribution in [3.8, 4) is 0 Å². The van der Waals surface area contributed by atoms with Gasteiger partial charge in [0, 0.05) is 4.47 Å². The molecule has 0 aromatic heterocycles. The molecule has 0 amide bonds. The standard InChI is InChI=1S/C13H18BrFO/c1-9(2)6-10(3)16-8-11-4-5-12(15)7-13(11)14/h4-5,7,9-10H,6,8H2,1-3H3. The molecule has 3 heteroatoms. The Kier molecular flexibility index (Phi) is 5.42. The molecule has 0 heterocycles. The summed E-state index contributed by atoms with van der Waals surface area (Å²) in [5.74, 6) is 0.400. The lowest BCUT2D eigenvalue weighted by Gasteiger charge is -2.15. The molecule has 0 saturated heterocycles. The minimum absolute atomic E-state index is 0.231. The molecule has 0 aliphatic carbocycles. The maximum atomic E-state index is 12.8. The van der Waals surface area contributed by atoms with Gasteiger partial charge in [-0.05, 0) is 37.0 Å². The molecule has 90 valence electrons. The summed E-state index contributed by atoms with van der Waals surface area (Å²) >= 11 is 3.33. The van der Waals surface area contributed by atoms with Crippen molar-refractivity contribution in [2.45, 2.75) is 39.9 Å². The normalized spacial score (nSPS) is 13.1. The summed E-state index contributed by atoms with van der Waals surface area (Å²) in [4.78, 5) is 0. The molecule has 0 aliphatic heterocycles. The lowest BCUT2D eigenvalue weighted by Crippen LogP contribution is -2.11. The first-order chi connectivity index (χ1) is 7.49. The average molecular weight is 289 g/mol. The molecule has 1 unspecified atom stereocenters. The smallest absolute Gasteiger partial charge is 0.124 e. The molecule has 16 heavy (non-hydrogen) atoms. The van der Waals surface area contributed by atoms with Crippen molar-refractivity contribution in [2.24, 2.45) is 5.92 Å². The van der Waals surface area contributed by atoms with Crippen LogP contribution in [0, 0.1) is 11.7 Å². The maximum absolute atomic E-state index is 12.8. The lowest BCUT2D eigenvalue weighted by atomic mass is 10.1. The fourth-order valence-electron chi connectivity index (χ4n) is 1.60. The second-order valence-electron chi connectivity index (χ2n) is 4.49. The molecule has 0 bridgehead atoms. The lowest BCUT2D eigenvalue weighted by molar-refractivity contribution is 0.0394. The first-order valence-corrected chi connectivity index (χ1v) is 6.34. The van der Waals surface area contributed by atoms with Gasteiger partial charge in [0.05, 0.1) is 12.7 Å². The molecule has 1 aromatic rings. The van der Waals surface area contributed by atoms with Crippen LogP contribution in [0.15, 0.2) is 22.7 Å². The Bertz CT molecular complexity index is 339. The van der Waals surface area contributed by atoms with Crippen molar-refractivity contribution >= 4 is 15.9 Å².